The molecule has 236 valence electrons. The van der Waals surface area contributed by atoms with Crippen LogP contribution in [0.4, 0.5) is 22.9 Å². The van der Waals surface area contributed by atoms with Crippen LogP contribution in [0.3, 0.4) is 0 Å². The molecule has 0 aliphatic rings. The Kier molecular flexibility index (Phi) is 9.59. The number of esters is 1. The van der Waals surface area contributed by atoms with Crippen LogP contribution in [0.1, 0.15) is 17.5 Å². The molecule has 6 rings (SSSR count). The Hall–Kier alpha value is -5.87. The maximum atomic E-state index is 12.8. The van der Waals surface area contributed by atoms with E-state index in [1.54, 1.807) is 18.6 Å². The Morgan fingerprint density at radius 3 is 2.60 bits per heavy atom. The Morgan fingerprint density at radius 1 is 0.915 bits per heavy atom. The van der Waals surface area contributed by atoms with E-state index in [4.69, 9.17) is 9.72 Å². The summed E-state index contributed by atoms with van der Waals surface area (Å²) in [7, 11) is 3.91. The molecular formula is C37H35N7O3. The van der Waals surface area contributed by atoms with Crippen LogP contribution < -0.4 is 10.2 Å². The number of amides is 1. The number of aromatic amines is 1. The maximum absolute atomic E-state index is 12.8. The van der Waals surface area contributed by atoms with E-state index in [9.17, 15) is 9.59 Å². The van der Waals surface area contributed by atoms with Crippen molar-refractivity contribution in [2.45, 2.75) is 12.8 Å². The van der Waals surface area contributed by atoms with E-state index in [0.717, 1.165) is 52.3 Å². The van der Waals surface area contributed by atoms with E-state index >= 15 is 0 Å². The van der Waals surface area contributed by atoms with Gasteiger partial charge >= 0.3 is 5.97 Å². The number of para-hydroxylation sites is 1. The minimum absolute atomic E-state index is 0.287. The number of ether oxygens (including phenoxy) is 1. The van der Waals surface area contributed by atoms with Crippen LogP contribution in [0, 0.1) is 0 Å². The van der Waals surface area contributed by atoms with Gasteiger partial charge in [0.1, 0.15) is 12.1 Å². The molecule has 0 radical (unpaired) electrons. The lowest BCUT2D eigenvalue weighted by atomic mass is 10.0. The van der Waals surface area contributed by atoms with E-state index < -0.39 is 11.9 Å². The highest BCUT2D eigenvalue weighted by atomic mass is 16.5. The van der Waals surface area contributed by atoms with Gasteiger partial charge in [-0.25, -0.2) is 14.8 Å². The maximum Gasteiger partial charge on any atom is 0.330 e. The van der Waals surface area contributed by atoms with Crippen LogP contribution in [-0.2, 0) is 20.7 Å². The first-order valence-electron chi connectivity index (χ1n) is 15.3. The molecule has 0 unspecified atom stereocenters. The van der Waals surface area contributed by atoms with Gasteiger partial charge in [0.25, 0.3) is 0 Å². The van der Waals surface area contributed by atoms with Crippen LogP contribution >= 0.6 is 0 Å². The van der Waals surface area contributed by atoms with Crippen molar-refractivity contribution >= 4 is 56.6 Å². The fourth-order valence-electron chi connectivity index (χ4n) is 5.37. The molecule has 2 heterocycles. The number of aromatic nitrogens is 4. The van der Waals surface area contributed by atoms with Crippen molar-refractivity contribution in [2.75, 3.05) is 37.5 Å². The highest BCUT2D eigenvalue weighted by Gasteiger charge is 2.21. The summed E-state index contributed by atoms with van der Waals surface area (Å²) in [6.07, 6.45) is 7.09. The highest BCUT2D eigenvalue weighted by Crippen LogP contribution is 2.40. The average molecular weight is 626 g/mol. The second-order valence-corrected chi connectivity index (χ2v) is 11.3. The summed E-state index contributed by atoms with van der Waals surface area (Å²) < 4.78 is 5.19. The molecule has 4 aromatic carbocycles. The third-order valence-corrected chi connectivity index (χ3v) is 7.61. The SMILES string of the molecule is CN(C)CCCOC(=O)C=CC(=O)Nc1ccc2ncnc(N(c3ccc4[nH]ncc4c3)c3ccccc3Cc3ccccc3)c2c1. The van der Waals surface area contributed by atoms with Gasteiger partial charge in [0, 0.05) is 40.8 Å². The van der Waals surface area contributed by atoms with Crippen molar-refractivity contribution in [1.82, 2.24) is 25.1 Å². The molecule has 0 bridgehead atoms. The summed E-state index contributed by atoms with van der Waals surface area (Å²) >= 11 is 0. The predicted molar refractivity (Wildman–Crippen MR) is 185 cm³/mol. The number of benzene rings is 4. The fourth-order valence-corrected chi connectivity index (χ4v) is 5.37. The van der Waals surface area contributed by atoms with E-state index in [0.29, 0.717) is 23.4 Å². The van der Waals surface area contributed by atoms with E-state index in [2.05, 4.69) is 55.7 Å². The summed E-state index contributed by atoms with van der Waals surface area (Å²) in [5, 5.41) is 11.8. The summed E-state index contributed by atoms with van der Waals surface area (Å²) in [5.74, 6) is -0.373. The number of nitrogens with one attached hydrogen (secondary N) is 2. The number of hydrogen-bond donors (Lipinski definition) is 2. The third-order valence-electron chi connectivity index (χ3n) is 7.61. The molecule has 10 heteroatoms. The first-order chi connectivity index (χ1) is 22.9. The summed E-state index contributed by atoms with van der Waals surface area (Å²) in [6.45, 7) is 1.09. The number of carbonyl (C=O) groups is 2. The largest absolute Gasteiger partial charge is 0.462 e. The van der Waals surface area contributed by atoms with Gasteiger partial charge in [-0.1, -0.05) is 48.5 Å². The molecular weight excluding hydrogens is 590 g/mol. The molecule has 2 aromatic heterocycles. The minimum atomic E-state index is -0.562. The second-order valence-electron chi connectivity index (χ2n) is 11.3. The number of hydrogen-bond acceptors (Lipinski definition) is 8. The summed E-state index contributed by atoms with van der Waals surface area (Å²) in [5.41, 5.74) is 6.31. The fraction of sp³-hybridized carbons (Fsp3) is 0.162. The van der Waals surface area contributed by atoms with Crippen LogP contribution in [0.5, 0.6) is 0 Å². The number of fused-ring (bicyclic) bond motifs is 2. The topological polar surface area (TPSA) is 116 Å². The third kappa shape index (κ3) is 7.69. The van der Waals surface area contributed by atoms with Crippen molar-refractivity contribution in [3.05, 3.63) is 127 Å². The van der Waals surface area contributed by atoms with Crippen molar-refractivity contribution in [2.24, 2.45) is 0 Å². The van der Waals surface area contributed by atoms with Gasteiger partial charge in [0.2, 0.25) is 5.91 Å². The van der Waals surface area contributed by atoms with Crippen molar-refractivity contribution < 1.29 is 14.3 Å². The molecule has 0 aliphatic carbocycles. The number of nitrogens with zero attached hydrogens (tertiary/aromatic N) is 5. The minimum Gasteiger partial charge on any atom is -0.462 e. The zero-order chi connectivity index (χ0) is 32.6. The number of carbonyl (C=O) groups excluding carboxylic acids is 2. The lowest BCUT2D eigenvalue weighted by molar-refractivity contribution is -0.138. The molecule has 0 saturated heterocycles. The quantitative estimate of drug-likeness (QED) is 0.0893. The van der Waals surface area contributed by atoms with Gasteiger partial charge in [-0.05, 0) is 80.5 Å². The van der Waals surface area contributed by atoms with Crippen molar-refractivity contribution in [1.29, 1.82) is 0 Å². The van der Waals surface area contributed by atoms with Crippen molar-refractivity contribution in [3.8, 4) is 0 Å². The Morgan fingerprint density at radius 2 is 1.74 bits per heavy atom. The second kappa shape index (κ2) is 14.5. The van der Waals surface area contributed by atoms with Crippen LogP contribution in [-0.4, -0.2) is 64.2 Å². The lowest BCUT2D eigenvalue weighted by Crippen LogP contribution is -2.16. The van der Waals surface area contributed by atoms with Gasteiger partial charge in [0.15, 0.2) is 0 Å². The van der Waals surface area contributed by atoms with Gasteiger partial charge < -0.3 is 15.0 Å². The molecule has 0 atom stereocenters. The molecule has 0 saturated carbocycles. The standard InChI is InChI=1S/C37H35N7O3/c1-43(2)19-8-20-47-36(46)18-17-35(45)41-29-13-15-33-31(23-29)37(39-25-38-33)44(30-14-16-32-28(22-30)24-40-42-32)34-12-7-6-11-27(34)21-26-9-4-3-5-10-26/h3-7,9-18,22-25H,8,19-21H2,1-2H3,(H,40,42)(H,41,45). The number of anilines is 4. The van der Waals surface area contributed by atoms with E-state index in [-0.39, 0.29) is 6.61 Å². The van der Waals surface area contributed by atoms with Crippen LogP contribution in [0.25, 0.3) is 21.8 Å². The normalized spacial score (nSPS) is 11.4. The van der Waals surface area contributed by atoms with E-state index in [1.165, 1.54) is 11.6 Å². The van der Waals surface area contributed by atoms with Crippen LogP contribution in [0.15, 0.2) is 116 Å². The smallest absolute Gasteiger partial charge is 0.330 e. The average Bonchev–Trinajstić information content (AvgIpc) is 3.55. The molecule has 0 fully saturated rings. The Balaban J connectivity index is 1.34. The molecule has 47 heavy (non-hydrogen) atoms. The number of H-pyrrole nitrogens is 1. The van der Waals surface area contributed by atoms with Gasteiger partial charge in [-0.3, -0.25) is 14.8 Å². The first-order valence-corrected chi connectivity index (χ1v) is 15.3. The summed E-state index contributed by atoms with van der Waals surface area (Å²) in [6, 6.07) is 30.2. The summed E-state index contributed by atoms with van der Waals surface area (Å²) in [4.78, 5) is 38.3. The monoisotopic (exact) mass is 625 g/mol. The van der Waals surface area contributed by atoms with Gasteiger partial charge in [-0.15, -0.1) is 0 Å². The van der Waals surface area contributed by atoms with E-state index in [1.807, 2.05) is 73.6 Å². The molecule has 0 spiro atoms. The first kappa shape index (κ1) is 31.1. The highest BCUT2D eigenvalue weighted by molar-refractivity contribution is 6.05. The zero-order valence-corrected chi connectivity index (χ0v) is 26.3. The van der Waals surface area contributed by atoms with Gasteiger partial charge in [-0.2, -0.15) is 5.10 Å². The zero-order valence-electron chi connectivity index (χ0n) is 26.3. The molecule has 6 aromatic rings. The molecule has 10 nitrogen and oxygen atoms in total. The van der Waals surface area contributed by atoms with Crippen molar-refractivity contribution in [3.63, 3.8) is 0 Å². The number of rotatable bonds is 12. The molecule has 2 N–H and O–H groups in total. The lowest BCUT2D eigenvalue weighted by Gasteiger charge is -2.28. The van der Waals surface area contributed by atoms with Gasteiger partial charge in [0.05, 0.1) is 29.5 Å². The molecule has 1 amide bonds. The van der Waals surface area contributed by atoms with Crippen LogP contribution in [0.2, 0.25) is 0 Å². The molecule has 0 aliphatic heterocycles. The Labute approximate surface area is 272 Å². The Bertz CT molecular complexity index is 2040. The predicted octanol–water partition coefficient (Wildman–Crippen LogP) is 6.56.